The van der Waals surface area contributed by atoms with Crippen LogP contribution in [0, 0.1) is 0 Å². The fraction of sp³-hybridized carbons (Fsp3) is 0.200. The molecule has 0 radical (unpaired) electrons. The Morgan fingerprint density at radius 3 is 2.38 bits per heavy atom. The summed E-state index contributed by atoms with van der Waals surface area (Å²) < 4.78 is 32.1. The largest absolute Gasteiger partial charge is 0.497 e. The third-order valence-corrected chi connectivity index (χ3v) is 4.56. The lowest BCUT2D eigenvalue weighted by Crippen LogP contribution is -2.24. The minimum Gasteiger partial charge on any atom is -0.497 e. The fourth-order valence-corrected chi connectivity index (χ4v) is 3.14. The van der Waals surface area contributed by atoms with Crippen molar-refractivity contribution < 1.29 is 18.3 Å². The quantitative estimate of drug-likeness (QED) is 0.851. The summed E-state index contributed by atoms with van der Waals surface area (Å²) in [6.07, 6.45) is 0. The highest BCUT2D eigenvalue weighted by molar-refractivity contribution is 7.89. The zero-order valence-electron chi connectivity index (χ0n) is 11.6. The van der Waals surface area contributed by atoms with E-state index in [9.17, 15) is 13.5 Å². The number of benzene rings is 2. The molecule has 0 unspecified atom stereocenters. The third kappa shape index (κ3) is 3.81. The molecule has 0 saturated heterocycles. The van der Waals surface area contributed by atoms with Crippen molar-refractivity contribution in [2.45, 2.75) is 18.0 Å². The molecule has 0 atom stereocenters. The molecule has 5 nitrogen and oxygen atoms in total. The van der Waals surface area contributed by atoms with Crippen LogP contribution in [0.25, 0.3) is 0 Å². The number of aliphatic hydroxyl groups is 1. The van der Waals surface area contributed by atoms with Gasteiger partial charge in [0.1, 0.15) is 5.75 Å². The molecule has 2 rings (SSSR count). The zero-order valence-corrected chi connectivity index (χ0v) is 12.4. The molecule has 0 heterocycles. The summed E-state index contributed by atoms with van der Waals surface area (Å²) in [5.74, 6) is 0.715. The van der Waals surface area contributed by atoms with Crippen molar-refractivity contribution in [2.75, 3.05) is 7.11 Å². The van der Waals surface area contributed by atoms with E-state index in [1.807, 2.05) is 0 Å². The maximum Gasteiger partial charge on any atom is 0.241 e. The van der Waals surface area contributed by atoms with Gasteiger partial charge < -0.3 is 9.84 Å². The van der Waals surface area contributed by atoms with Crippen LogP contribution in [0.3, 0.4) is 0 Å². The molecule has 112 valence electrons. The molecular weight excluding hydrogens is 290 g/mol. The SMILES string of the molecule is COc1ccc(CNS(=O)(=O)c2ccccc2CO)cc1. The molecule has 6 heteroatoms. The van der Waals surface area contributed by atoms with E-state index in [0.717, 1.165) is 5.56 Å². The van der Waals surface area contributed by atoms with Gasteiger partial charge in [-0.05, 0) is 29.3 Å². The van der Waals surface area contributed by atoms with Gasteiger partial charge >= 0.3 is 0 Å². The summed E-state index contributed by atoms with van der Waals surface area (Å²) in [7, 11) is -2.09. The number of hydrogen-bond acceptors (Lipinski definition) is 4. The van der Waals surface area contributed by atoms with Gasteiger partial charge in [-0.15, -0.1) is 0 Å². The Morgan fingerprint density at radius 2 is 1.76 bits per heavy atom. The van der Waals surface area contributed by atoms with E-state index >= 15 is 0 Å². The molecule has 0 fully saturated rings. The minimum absolute atomic E-state index is 0.0982. The van der Waals surface area contributed by atoms with Crippen molar-refractivity contribution in [1.29, 1.82) is 0 Å². The molecule has 2 aromatic rings. The topological polar surface area (TPSA) is 75.6 Å². The van der Waals surface area contributed by atoms with Gasteiger partial charge in [0, 0.05) is 6.54 Å². The van der Waals surface area contributed by atoms with E-state index in [2.05, 4.69) is 4.72 Å². The van der Waals surface area contributed by atoms with Gasteiger partial charge in [0.2, 0.25) is 10.0 Å². The molecule has 0 saturated carbocycles. The lowest BCUT2D eigenvalue weighted by molar-refractivity contribution is 0.278. The second-order valence-electron chi connectivity index (χ2n) is 4.44. The molecule has 0 aliphatic heterocycles. The molecule has 2 N–H and O–H groups in total. The minimum atomic E-state index is -3.66. The van der Waals surface area contributed by atoms with Crippen molar-refractivity contribution in [3.63, 3.8) is 0 Å². The number of aliphatic hydroxyl groups excluding tert-OH is 1. The first kappa shape index (κ1) is 15.5. The van der Waals surface area contributed by atoms with Crippen LogP contribution in [0.15, 0.2) is 53.4 Å². The number of hydrogen-bond donors (Lipinski definition) is 2. The normalized spacial score (nSPS) is 11.3. The van der Waals surface area contributed by atoms with Crippen LogP contribution in [0.4, 0.5) is 0 Å². The van der Waals surface area contributed by atoms with Gasteiger partial charge in [-0.2, -0.15) is 0 Å². The van der Waals surface area contributed by atoms with Gasteiger partial charge in [0.15, 0.2) is 0 Å². The highest BCUT2D eigenvalue weighted by Gasteiger charge is 2.17. The van der Waals surface area contributed by atoms with Gasteiger partial charge in [0.25, 0.3) is 0 Å². The van der Waals surface area contributed by atoms with Crippen LogP contribution in [0.1, 0.15) is 11.1 Å². The highest BCUT2D eigenvalue weighted by atomic mass is 32.2. The van der Waals surface area contributed by atoms with Crippen LogP contribution < -0.4 is 9.46 Å². The van der Waals surface area contributed by atoms with Crippen LogP contribution >= 0.6 is 0 Å². The Hall–Kier alpha value is -1.89. The van der Waals surface area contributed by atoms with E-state index < -0.39 is 10.0 Å². The third-order valence-electron chi connectivity index (χ3n) is 3.06. The first-order valence-electron chi connectivity index (χ1n) is 6.38. The molecule has 21 heavy (non-hydrogen) atoms. The maximum absolute atomic E-state index is 12.3. The molecule has 0 amide bonds. The van der Waals surface area contributed by atoms with E-state index in [4.69, 9.17) is 4.74 Å². The van der Waals surface area contributed by atoms with Gasteiger partial charge in [-0.25, -0.2) is 13.1 Å². The van der Waals surface area contributed by atoms with E-state index in [1.54, 1.807) is 49.6 Å². The van der Waals surface area contributed by atoms with Crippen molar-refractivity contribution in [3.8, 4) is 5.75 Å². The number of sulfonamides is 1. The summed E-state index contributed by atoms with van der Waals surface area (Å²) >= 11 is 0. The number of rotatable bonds is 6. The Bertz CT molecular complexity index is 696. The summed E-state index contributed by atoms with van der Waals surface area (Å²) in [4.78, 5) is 0.0982. The van der Waals surface area contributed by atoms with E-state index in [0.29, 0.717) is 11.3 Å². The van der Waals surface area contributed by atoms with E-state index in [1.165, 1.54) is 6.07 Å². The summed E-state index contributed by atoms with van der Waals surface area (Å²) in [6.45, 7) is -0.147. The van der Waals surface area contributed by atoms with E-state index in [-0.39, 0.29) is 18.0 Å². The Morgan fingerprint density at radius 1 is 1.10 bits per heavy atom. The van der Waals surface area contributed by atoms with Gasteiger partial charge in [0.05, 0.1) is 18.6 Å². The lowest BCUT2D eigenvalue weighted by atomic mass is 10.2. The first-order valence-corrected chi connectivity index (χ1v) is 7.86. The average molecular weight is 307 g/mol. The molecule has 0 aromatic heterocycles. The zero-order chi connectivity index (χ0) is 15.3. The molecule has 2 aromatic carbocycles. The predicted octanol–water partition coefficient (Wildman–Crippen LogP) is 1.67. The van der Waals surface area contributed by atoms with Crippen molar-refractivity contribution in [1.82, 2.24) is 4.72 Å². The Balaban J connectivity index is 2.13. The monoisotopic (exact) mass is 307 g/mol. The standard InChI is InChI=1S/C15H17NO4S/c1-20-14-8-6-12(7-9-14)10-16-21(18,19)15-5-3-2-4-13(15)11-17/h2-9,16-17H,10-11H2,1H3. The van der Waals surface area contributed by atoms with Crippen molar-refractivity contribution >= 4 is 10.0 Å². The van der Waals surface area contributed by atoms with Gasteiger partial charge in [-0.1, -0.05) is 30.3 Å². The molecule has 0 aliphatic carbocycles. The van der Waals surface area contributed by atoms with Crippen LogP contribution in [0.5, 0.6) is 5.75 Å². The maximum atomic E-state index is 12.3. The second-order valence-corrected chi connectivity index (χ2v) is 6.17. The molecule has 0 bridgehead atoms. The number of nitrogens with one attached hydrogen (secondary N) is 1. The summed E-state index contributed by atoms with van der Waals surface area (Å²) in [5, 5.41) is 9.22. The number of methoxy groups -OCH3 is 1. The highest BCUT2D eigenvalue weighted by Crippen LogP contribution is 2.16. The summed E-state index contributed by atoms with van der Waals surface area (Å²) in [6, 6.07) is 13.5. The molecule has 0 aliphatic rings. The second kappa shape index (κ2) is 6.71. The van der Waals surface area contributed by atoms with Crippen LogP contribution in [0.2, 0.25) is 0 Å². The molecular formula is C15H17NO4S. The predicted molar refractivity (Wildman–Crippen MR) is 79.4 cm³/mol. The first-order chi connectivity index (χ1) is 10.1. The smallest absolute Gasteiger partial charge is 0.241 e. The van der Waals surface area contributed by atoms with Crippen molar-refractivity contribution in [3.05, 3.63) is 59.7 Å². The Labute approximate surface area is 124 Å². The van der Waals surface area contributed by atoms with Crippen LogP contribution in [-0.2, 0) is 23.2 Å². The van der Waals surface area contributed by atoms with Crippen molar-refractivity contribution in [2.24, 2.45) is 0 Å². The van der Waals surface area contributed by atoms with Gasteiger partial charge in [-0.3, -0.25) is 0 Å². The fourth-order valence-electron chi connectivity index (χ4n) is 1.90. The lowest BCUT2D eigenvalue weighted by Gasteiger charge is -2.10. The van der Waals surface area contributed by atoms with Crippen LogP contribution in [-0.4, -0.2) is 20.6 Å². The number of ether oxygens (including phenoxy) is 1. The molecule has 0 spiro atoms. The summed E-state index contributed by atoms with van der Waals surface area (Å²) in [5.41, 5.74) is 1.19. The Kier molecular flexibility index (Phi) is 4.95. The average Bonchev–Trinajstić information content (AvgIpc) is 2.53.